The molecule has 0 saturated carbocycles. The third-order valence-electron chi connectivity index (χ3n) is 1.84. The molecule has 1 aromatic heterocycles. The Bertz CT molecular complexity index is 492. The van der Waals surface area contributed by atoms with Crippen molar-refractivity contribution < 1.29 is 4.39 Å². The first-order chi connectivity index (χ1) is 7.34. The minimum atomic E-state index is -0.347. The largest absolute Gasteiger partial charge is 0.245 e. The second-order valence-electron chi connectivity index (χ2n) is 2.98. The fourth-order valence-electron chi connectivity index (χ4n) is 1.11. The molecular formula is C13H8FN. The molecule has 0 aliphatic heterocycles. The third-order valence-corrected chi connectivity index (χ3v) is 1.84. The summed E-state index contributed by atoms with van der Waals surface area (Å²) < 4.78 is 12.5. The van der Waals surface area contributed by atoms with E-state index in [0.717, 1.165) is 11.8 Å². The van der Waals surface area contributed by atoms with Crippen molar-refractivity contribution in [2.45, 2.75) is 0 Å². The molecule has 0 aliphatic carbocycles. The lowest BCUT2D eigenvalue weighted by atomic mass is 10.2. The Kier molecular flexibility index (Phi) is 2.75. The standard InChI is InChI=1S/C13H8FN/c14-12-7-9-13(15-10-12)8-6-11-4-2-1-3-5-11/h1-5,7,9-10H. The molecule has 0 radical (unpaired) electrons. The smallest absolute Gasteiger partial charge is 0.141 e. The lowest BCUT2D eigenvalue weighted by Gasteiger charge is -1.89. The van der Waals surface area contributed by atoms with Crippen LogP contribution in [0.2, 0.25) is 0 Å². The van der Waals surface area contributed by atoms with Crippen LogP contribution in [0.3, 0.4) is 0 Å². The van der Waals surface area contributed by atoms with Gasteiger partial charge in [0.15, 0.2) is 0 Å². The molecule has 1 heterocycles. The number of halogens is 1. The van der Waals surface area contributed by atoms with Crippen LogP contribution in [0.4, 0.5) is 4.39 Å². The quantitative estimate of drug-likeness (QED) is 0.591. The molecule has 1 aromatic carbocycles. The zero-order valence-corrected chi connectivity index (χ0v) is 7.94. The Morgan fingerprint density at radius 3 is 2.40 bits per heavy atom. The highest BCUT2D eigenvalue weighted by Gasteiger charge is 1.89. The molecule has 0 amide bonds. The molecule has 0 saturated heterocycles. The van der Waals surface area contributed by atoms with Crippen LogP contribution in [0.15, 0.2) is 48.7 Å². The molecule has 2 rings (SSSR count). The summed E-state index contributed by atoms with van der Waals surface area (Å²) in [5.41, 5.74) is 1.49. The number of nitrogens with zero attached hydrogens (tertiary/aromatic N) is 1. The van der Waals surface area contributed by atoms with Crippen LogP contribution in [0.5, 0.6) is 0 Å². The van der Waals surface area contributed by atoms with Gasteiger partial charge in [0.1, 0.15) is 11.5 Å². The van der Waals surface area contributed by atoms with E-state index < -0.39 is 0 Å². The minimum absolute atomic E-state index is 0.347. The first kappa shape index (κ1) is 9.42. The summed E-state index contributed by atoms with van der Waals surface area (Å²) in [5.74, 6) is 5.46. The first-order valence-corrected chi connectivity index (χ1v) is 4.53. The molecule has 0 bridgehead atoms. The number of rotatable bonds is 0. The second kappa shape index (κ2) is 4.39. The molecule has 0 aliphatic rings. The van der Waals surface area contributed by atoms with E-state index in [4.69, 9.17) is 0 Å². The maximum absolute atomic E-state index is 12.5. The lowest BCUT2D eigenvalue weighted by molar-refractivity contribution is 0.621. The van der Waals surface area contributed by atoms with E-state index in [1.54, 1.807) is 6.07 Å². The Morgan fingerprint density at radius 2 is 1.73 bits per heavy atom. The van der Waals surface area contributed by atoms with Crippen molar-refractivity contribution in [1.29, 1.82) is 0 Å². The molecule has 0 unspecified atom stereocenters. The SMILES string of the molecule is Fc1ccc(C#Cc2ccccc2)nc1. The van der Waals surface area contributed by atoms with Crippen molar-refractivity contribution >= 4 is 0 Å². The molecule has 0 atom stereocenters. The minimum Gasteiger partial charge on any atom is -0.245 e. The van der Waals surface area contributed by atoms with Crippen LogP contribution in [0, 0.1) is 17.7 Å². The van der Waals surface area contributed by atoms with Gasteiger partial charge < -0.3 is 0 Å². The summed E-state index contributed by atoms with van der Waals surface area (Å²) in [5, 5.41) is 0. The fraction of sp³-hybridized carbons (Fsp3) is 0. The molecule has 2 heteroatoms. The predicted octanol–water partition coefficient (Wildman–Crippen LogP) is 2.62. The van der Waals surface area contributed by atoms with Crippen LogP contribution in [-0.2, 0) is 0 Å². The maximum Gasteiger partial charge on any atom is 0.141 e. The number of hydrogen-bond donors (Lipinski definition) is 0. The molecule has 0 fully saturated rings. The average Bonchev–Trinajstić information content (AvgIpc) is 2.30. The lowest BCUT2D eigenvalue weighted by Crippen LogP contribution is -1.82. The van der Waals surface area contributed by atoms with Gasteiger partial charge in [0.2, 0.25) is 0 Å². The summed E-state index contributed by atoms with van der Waals surface area (Å²) in [6, 6.07) is 12.5. The van der Waals surface area contributed by atoms with E-state index in [2.05, 4.69) is 16.8 Å². The van der Waals surface area contributed by atoms with Gasteiger partial charge in [-0.3, -0.25) is 0 Å². The Hall–Kier alpha value is -2.14. The zero-order valence-electron chi connectivity index (χ0n) is 7.94. The molecule has 0 N–H and O–H groups in total. The van der Waals surface area contributed by atoms with Crippen LogP contribution in [0.25, 0.3) is 0 Å². The maximum atomic E-state index is 12.5. The van der Waals surface area contributed by atoms with Crippen LogP contribution in [-0.4, -0.2) is 4.98 Å². The van der Waals surface area contributed by atoms with Crippen LogP contribution >= 0.6 is 0 Å². The number of hydrogen-bond acceptors (Lipinski definition) is 1. The highest BCUT2D eigenvalue weighted by atomic mass is 19.1. The third kappa shape index (κ3) is 2.65. The van der Waals surface area contributed by atoms with Crippen molar-refractivity contribution in [3.05, 3.63) is 65.7 Å². The number of benzene rings is 1. The molecule has 1 nitrogen and oxygen atoms in total. The Balaban J connectivity index is 2.22. The van der Waals surface area contributed by atoms with Crippen LogP contribution < -0.4 is 0 Å². The predicted molar refractivity (Wildman–Crippen MR) is 56.6 cm³/mol. The highest BCUT2D eigenvalue weighted by molar-refractivity contribution is 5.39. The normalized spacial score (nSPS) is 9.13. The van der Waals surface area contributed by atoms with E-state index in [1.807, 2.05) is 30.3 Å². The van der Waals surface area contributed by atoms with E-state index in [1.165, 1.54) is 6.07 Å². The van der Waals surface area contributed by atoms with E-state index in [9.17, 15) is 4.39 Å². The van der Waals surface area contributed by atoms with Gasteiger partial charge >= 0.3 is 0 Å². The van der Waals surface area contributed by atoms with Crippen molar-refractivity contribution in [3.8, 4) is 11.8 Å². The molecular weight excluding hydrogens is 189 g/mol. The van der Waals surface area contributed by atoms with Crippen molar-refractivity contribution in [2.75, 3.05) is 0 Å². The zero-order chi connectivity index (χ0) is 10.5. The highest BCUT2D eigenvalue weighted by Crippen LogP contribution is 1.98. The van der Waals surface area contributed by atoms with Gasteiger partial charge in [0, 0.05) is 5.56 Å². The first-order valence-electron chi connectivity index (χ1n) is 4.53. The van der Waals surface area contributed by atoms with Crippen molar-refractivity contribution in [3.63, 3.8) is 0 Å². The van der Waals surface area contributed by atoms with Gasteiger partial charge in [0.05, 0.1) is 6.20 Å². The Morgan fingerprint density at radius 1 is 0.933 bits per heavy atom. The van der Waals surface area contributed by atoms with Gasteiger partial charge in [-0.2, -0.15) is 0 Å². The van der Waals surface area contributed by atoms with Crippen molar-refractivity contribution in [1.82, 2.24) is 4.98 Å². The summed E-state index contributed by atoms with van der Waals surface area (Å²) in [7, 11) is 0. The average molecular weight is 197 g/mol. The molecule has 15 heavy (non-hydrogen) atoms. The van der Waals surface area contributed by atoms with Crippen LogP contribution in [0.1, 0.15) is 11.3 Å². The van der Waals surface area contributed by atoms with E-state index in [0.29, 0.717) is 5.69 Å². The summed E-state index contributed by atoms with van der Waals surface area (Å²) in [4.78, 5) is 3.84. The van der Waals surface area contributed by atoms with Gasteiger partial charge in [-0.05, 0) is 30.2 Å². The molecule has 0 spiro atoms. The number of aromatic nitrogens is 1. The van der Waals surface area contributed by atoms with Crippen molar-refractivity contribution in [2.24, 2.45) is 0 Å². The fourth-order valence-corrected chi connectivity index (χ4v) is 1.11. The van der Waals surface area contributed by atoms with E-state index >= 15 is 0 Å². The van der Waals surface area contributed by atoms with Gasteiger partial charge in [-0.25, -0.2) is 9.37 Å². The molecule has 2 aromatic rings. The van der Waals surface area contributed by atoms with Gasteiger partial charge in [-0.1, -0.05) is 24.1 Å². The Labute approximate surface area is 87.6 Å². The summed E-state index contributed by atoms with van der Waals surface area (Å²) >= 11 is 0. The number of pyridine rings is 1. The van der Waals surface area contributed by atoms with Gasteiger partial charge in [0.25, 0.3) is 0 Å². The monoisotopic (exact) mass is 197 g/mol. The molecule has 72 valence electrons. The van der Waals surface area contributed by atoms with E-state index in [-0.39, 0.29) is 5.82 Å². The topological polar surface area (TPSA) is 12.9 Å². The second-order valence-corrected chi connectivity index (χ2v) is 2.98. The summed E-state index contributed by atoms with van der Waals surface area (Å²) in [6.07, 6.45) is 1.16. The van der Waals surface area contributed by atoms with Gasteiger partial charge in [-0.15, -0.1) is 0 Å². The summed E-state index contributed by atoms with van der Waals surface area (Å²) in [6.45, 7) is 0.